The van der Waals surface area contributed by atoms with Crippen molar-refractivity contribution in [2.24, 2.45) is 11.1 Å². The summed E-state index contributed by atoms with van der Waals surface area (Å²) in [6, 6.07) is 0. The van der Waals surface area contributed by atoms with Crippen molar-refractivity contribution >= 4 is 11.6 Å². The molecule has 100 valence electrons. The van der Waals surface area contributed by atoms with Crippen LogP contribution in [0.4, 0.5) is 5.69 Å². The maximum atomic E-state index is 12.1. The monoisotopic (exact) mass is 252 g/mol. The maximum absolute atomic E-state index is 12.1. The molecule has 0 bridgehead atoms. The smallest absolute Gasteiger partial charge is 0.231 e. The average Bonchev–Trinajstić information content (AvgIpc) is 2.73. The number of carbonyl (C=O) groups excluding carboxylic acids is 1. The van der Waals surface area contributed by atoms with Gasteiger partial charge in [0.25, 0.3) is 0 Å². The fourth-order valence-corrected chi connectivity index (χ4v) is 2.13. The largest absolute Gasteiger partial charge is 0.383 e. The molecule has 2 rings (SSSR count). The van der Waals surface area contributed by atoms with Gasteiger partial charge in [-0.3, -0.25) is 9.48 Å². The molecule has 1 saturated carbocycles. The van der Waals surface area contributed by atoms with Gasteiger partial charge in [0.1, 0.15) is 0 Å². The molecule has 0 aromatic carbocycles. The van der Waals surface area contributed by atoms with E-state index >= 15 is 0 Å². The lowest BCUT2D eigenvalue weighted by atomic mass is 9.68. The second-order valence-electron chi connectivity index (χ2n) is 4.78. The molecule has 0 saturated heterocycles. The van der Waals surface area contributed by atoms with E-state index < -0.39 is 0 Å². The van der Waals surface area contributed by atoms with Crippen molar-refractivity contribution in [1.29, 1.82) is 0 Å². The number of ether oxygens (including phenoxy) is 1. The molecule has 3 N–H and O–H groups in total. The van der Waals surface area contributed by atoms with E-state index in [0.717, 1.165) is 24.9 Å². The van der Waals surface area contributed by atoms with Crippen LogP contribution in [0.1, 0.15) is 19.3 Å². The van der Waals surface area contributed by atoms with Crippen molar-refractivity contribution in [1.82, 2.24) is 9.78 Å². The van der Waals surface area contributed by atoms with Gasteiger partial charge in [0.2, 0.25) is 5.91 Å². The number of nitrogens with two attached hydrogens (primary N) is 1. The van der Waals surface area contributed by atoms with Crippen LogP contribution in [0.5, 0.6) is 0 Å². The van der Waals surface area contributed by atoms with Gasteiger partial charge in [0.15, 0.2) is 0 Å². The summed E-state index contributed by atoms with van der Waals surface area (Å²) in [7, 11) is 1.65. The predicted octanol–water partition coefficient (Wildman–Crippen LogP) is 0.597. The first-order valence-corrected chi connectivity index (χ1v) is 6.23. The molecule has 0 unspecified atom stereocenters. The minimum absolute atomic E-state index is 0.0162. The Bertz CT molecular complexity index is 406. The summed E-state index contributed by atoms with van der Waals surface area (Å²) in [5.74, 6) is 0.0162. The van der Waals surface area contributed by atoms with E-state index in [0.29, 0.717) is 19.7 Å². The second kappa shape index (κ2) is 5.49. The van der Waals surface area contributed by atoms with E-state index in [1.807, 2.05) is 0 Å². The maximum Gasteiger partial charge on any atom is 0.231 e. The van der Waals surface area contributed by atoms with Crippen molar-refractivity contribution in [3.63, 3.8) is 0 Å². The van der Waals surface area contributed by atoms with Gasteiger partial charge in [0.05, 0.1) is 30.5 Å². The molecule has 0 spiro atoms. The van der Waals surface area contributed by atoms with Crippen LogP contribution in [-0.2, 0) is 16.1 Å². The Hall–Kier alpha value is -1.40. The van der Waals surface area contributed by atoms with Gasteiger partial charge in [-0.1, -0.05) is 6.42 Å². The Labute approximate surface area is 106 Å². The third-order valence-corrected chi connectivity index (χ3v) is 3.60. The van der Waals surface area contributed by atoms with E-state index in [1.165, 1.54) is 0 Å². The Morgan fingerprint density at radius 3 is 3.00 bits per heavy atom. The van der Waals surface area contributed by atoms with Gasteiger partial charge in [-0.15, -0.1) is 0 Å². The summed E-state index contributed by atoms with van der Waals surface area (Å²) >= 11 is 0. The van der Waals surface area contributed by atoms with E-state index in [1.54, 1.807) is 24.2 Å². The van der Waals surface area contributed by atoms with Crippen LogP contribution in [0, 0.1) is 5.41 Å². The highest BCUT2D eigenvalue weighted by molar-refractivity contribution is 5.95. The Balaban J connectivity index is 1.92. The fraction of sp³-hybridized carbons (Fsp3) is 0.667. The number of hydrogen-bond donors (Lipinski definition) is 2. The van der Waals surface area contributed by atoms with E-state index in [4.69, 9.17) is 10.5 Å². The molecular formula is C12H20N4O2. The lowest BCUT2D eigenvalue weighted by Gasteiger charge is -2.38. The zero-order valence-corrected chi connectivity index (χ0v) is 10.7. The lowest BCUT2D eigenvalue weighted by Crippen LogP contribution is -2.47. The standard InChI is InChI=1S/C12H20N4O2/c1-18-6-5-16-8-10(7-14-16)15-11(17)12(9-13)3-2-4-12/h7-8H,2-6,9,13H2,1H3,(H,15,17). The van der Waals surface area contributed by atoms with Gasteiger partial charge in [-0.2, -0.15) is 5.10 Å². The van der Waals surface area contributed by atoms with Crippen molar-refractivity contribution in [3.05, 3.63) is 12.4 Å². The molecule has 1 aliphatic rings. The highest BCUT2D eigenvalue weighted by Crippen LogP contribution is 2.40. The van der Waals surface area contributed by atoms with Crippen LogP contribution >= 0.6 is 0 Å². The van der Waals surface area contributed by atoms with Crippen LogP contribution < -0.4 is 11.1 Å². The van der Waals surface area contributed by atoms with Gasteiger partial charge in [-0.25, -0.2) is 0 Å². The number of nitrogens with one attached hydrogen (secondary N) is 1. The molecule has 0 radical (unpaired) electrons. The average molecular weight is 252 g/mol. The third kappa shape index (κ3) is 2.54. The SMILES string of the molecule is COCCn1cc(NC(=O)C2(CN)CCC2)cn1. The molecule has 1 fully saturated rings. The summed E-state index contributed by atoms with van der Waals surface area (Å²) in [6.45, 7) is 1.69. The summed E-state index contributed by atoms with van der Waals surface area (Å²) in [5.41, 5.74) is 6.06. The summed E-state index contributed by atoms with van der Waals surface area (Å²) < 4.78 is 6.71. The van der Waals surface area contributed by atoms with Crippen molar-refractivity contribution < 1.29 is 9.53 Å². The zero-order valence-electron chi connectivity index (χ0n) is 10.7. The van der Waals surface area contributed by atoms with Gasteiger partial charge in [0, 0.05) is 19.9 Å². The summed E-state index contributed by atoms with van der Waals surface area (Å²) in [6.07, 6.45) is 6.30. The topological polar surface area (TPSA) is 82.2 Å². The van der Waals surface area contributed by atoms with Crippen LogP contribution in [0.25, 0.3) is 0 Å². The van der Waals surface area contributed by atoms with E-state index in [9.17, 15) is 4.79 Å². The highest BCUT2D eigenvalue weighted by atomic mass is 16.5. The van der Waals surface area contributed by atoms with Crippen LogP contribution in [-0.4, -0.2) is 35.9 Å². The van der Waals surface area contributed by atoms with Crippen LogP contribution in [0.2, 0.25) is 0 Å². The highest BCUT2D eigenvalue weighted by Gasteiger charge is 2.42. The third-order valence-electron chi connectivity index (χ3n) is 3.60. The minimum Gasteiger partial charge on any atom is -0.383 e. The minimum atomic E-state index is -0.353. The quantitative estimate of drug-likeness (QED) is 0.776. The van der Waals surface area contributed by atoms with Gasteiger partial charge >= 0.3 is 0 Å². The number of carbonyl (C=O) groups is 1. The number of anilines is 1. The first kappa shape index (κ1) is 13.0. The first-order chi connectivity index (χ1) is 8.70. The van der Waals surface area contributed by atoms with Crippen molar-refractivity contribution in [2.45, 2.75) is 25.8 Å². The number of aromatic nitrogens is 2. The van der Waals surface area contributed by atoms with Gasteiger partial charge < -0.3 is 15.8 Å². The lowest BCUT2D eigenvalue weighted by molar-refractivity contribution is -0.129. The fourth-order valence-electron chi connectivity index (χ4n) is 2.13. The summed E-state index contributed by atoms with van der Waals surface area (Å²) in [4.78, 5) is 12.1. The number of methoxy groups -OCH3 is 1. The van der Waals surface area contributed by atoms with E-state index in [2.05, 4.69) is 10.4 Å². The Morgan fingerprint density at radius 2 is 2.44 bits per heavy atom. The molecule has 1 aromatic rings. The normalized spacial score (nSPS) is 17.2. The second-order valence-corrected chi connectivity index (χ2v) is 4.78. The number of rotatable bonds is 6. The number of nitrogens with zero attached hydrogens (tertiary/aromatic N) is 2. The van der Waals surface area contributed by atoms with E-state index in [-0.39, 0.29) is 11.3 Å². The molecule has 6 heteroatoms. The molecule has 1 aliphatic carbocycles. The molecule has 1 amide bonds. The molecule has 1 aromatic heterocycles. The predicted molar refractivity (Wildman–Crippen MR) is 68.1 cm³/mol. The molecule has 0 aliphatic heterocycles. The van der Waals surface area contributed by atoms with Crippen molar-refractivity contribution in [2.75, 3.05) is 25.6 Å². The Morgan fingerprint density at radius 1 is 1.67 bits per heavy atom. The number of hydrogen-bond acceptors (Lipinski definition) is 4. The van der Waals surface area contributed by atoms with Crippen LogP contribution in [0.15, 0.2) is 12.4 Å². The zero-order chi connectivity index (χ0) is 13.0. The summed E-state index contributed by atoms with van der Waals surface area (Å²) in [5, 5.41) is 7.04. The Kier molecular flexibility index (Phi) is 3.98. The van der Waals surface area contributed by atoms with Crippen molar-refractivity contribution in [3.8, 4) is 0 Å². The van der Waals surface area contributed by atoms with Crippen LogP contribution in [0.3, 0.4) is 0 Å². The van der Waals surface area contributed by atoms with Gasteiger partial charge in [-0.05, 0) is 12.8 Å². The number of amides is 1. The molecule has 0 atom stereocenters. The molecule has 6 nitrogen and oxygen atoms in total. The molecule has 18 heavy (non-hydrogen) atoms. The first-order valence-electron chi connectivity index (χ1n) is 6.23. The molecule has 1 heterocycles. The molecular weight excluding hydrogens is 232 g/mol.